The lowest BCUT2D eigenvalue weighted by Crippen LogP contribution is -2.01. The SMILES string of the molecule is [CH2]COCCCOCCC. The second kappa shape index (κ2) is 8.92. The van der Waals surface area contributed by atoms with E-state index in [1.165, 1.54) is 0 Å². The molecule has 0 aliphatic rings. The van der Waals surface area contributed by atoms with E-state index in [4.69, 9.17) is 9.47 Å². The van der Waals surface area contributed by atoms with Gasteiger partial charge in [-0.1, -0.05) is 6.92 Å². The fraction of sp³-hybridized carbons (Fsp3) is 0.875. The first-order chi connectivity index (χ1) is 4.91. The van der Waals surface area contributed by atoms with Gasteiger partial charge in [-0.05, 0) is 19.8 Å². The highest BCUT2D eigenvalue weighted by atomic mass is 16.5. The zero-order valence-electron chi connectivity index (χ0n) is 6.77. The molecule has 0 unspecified atom stereocenters. The minimum atomic E-state index is 0.563. The summed E-state index contributed by atoms with van der Waals surface area (Å²) in [6.07, 6.45) is 2.08. The first-order valence-electron chi connectivity index (χ1n) is 3.86. The quantitative estimate of drug-likeness (QED) is 0.507. The fourth-order valence-corrected chi connectivity index (χ4v) is 0.612. The molecule has 0 aromatic rings. The molecule has 0 saturated heterocycles. The summed E-state index contributed by atoms with van der Waals surface area (Å²) in [4.78, 5) is 0. The number of hydrogen-bond acceptors (Lipinski definition) is 2. The molecular formula is C8H17O2. The first kappa shape index (κ1) is 9.92. The van der Waals surface area contributed by atoms with Crippen LogP contribution >= 0.6 is 0 Å². The van der Waals surface area contributed by atoms with Crippen LogP contribution in [0, 0.1) is 6.92 Å². The van der Waals surface area contributed by atoms with Gasteiger partial charge in [0.2, 0.25) is 0 Å². The van der Waals surface area contributed by atoms with E-state index in [1.807, 2.05) is 0 Å². The Morgan fingerprint density at radius 3 is 2.40 bits per heavy atom. The average molecular weight is 145 g/mol. The Labute approximate surface area is 63.5 Å². The van der Waals surface area contributed by atoms with Crippen LogP contribution in [0.3, 0.4) is 0 Å². The van der Waals surface area contributed by atoms with Gasteiger partial charge in [0.1, 0.15) is 0 Å². The van der Waals surface area contributed by atoms with Gasteiger partial charge in [-0.3, -0.25) is 0 Å². The molecular weight excluding hydrogens is 128 g/mol. The van der Waals surface area contributed by atoms with Crippen molar-refractivity contribution in [1.29, 1.82) is 0 Å². The predicted octanol–water partition coefficient (Wildman–Crippen LogP) is 1.65. The maximum atomic E-state index is 5.23. The van der Waals surface area contributed by atoms with Crippen molar-refractivity contribution in [3.63, 3.8) is 0 Å². The molecule has 0 saturated carbocycles. The molecule has 0 atom stereocenters. The highest BCUT2D eigenvalue weighted by Crippen LogP contribution is 1.86. The normalized spacial score (nSPS) is 10.2. The second-order valence-corrected chi connectivity index (χ2v) is 2.08. The van der Waals surface area contributed by atoms with Crippen LogP contribution in [-0.2, 0) is 9.47 Å². The number of hydrogen-bond donors (Lipinski definition) is 0. The zero-order chi connectivity index (χ0) is 7.66. The lowest BCUT2D eigenvalue weighted by molar-refractivity contribution is 0.0930. The largest absolute Gasteiger partial charge is 0.381 e. The van der Waals surface area contributed by atoms with E-state index in [-0.39, 0.29) is 0 Å². The molecule has 61 valence electrons. The van der Waals surface area contributed by atoms with Crippen molar-refractivity contribution in [3.8, 4) is 0 Å². The Morgan fingerprint density at radius 2 is 1.80 bits per heavy atom. The van der Waals surface area contributed by atoms with E-state index in [9.17, 15) is 0 Å². The van der Waals surface area contributed by atoms with Crippen LogP contribution < -0.4 is 0 Å². The zero-order valence-corrected chi connectivity index (χ0v) is 6.77. The molecule has 0 bridgehead atoms. The van der Waals surface area contributed by atoms with Gasteiger partial charge in [-0.2, -0.15) is 0 Å². The van der Waals surface area contributed by atoms with Crippen LogP contribution in [0.15, 0.2) is 0 Å². The maximum absolute atomic E-state index is 5.23. The lowest BCUT2D eigenvalue weighted by Gasteiger charge is -2.01. The molecule has 0 aliphatic heterocycles. The van der Waals surface area contributed by atoms with Crippen molar-refractivity contribution in [1.82, 2.24) is 0 Å². The standard InChI is InChI=1S/C8H17O2/c1-3-6-10-8-5-7-9-4-2/h2-8H2,1H3. The third-order valence-corrected chi connectivity index (χ3v) is 1.07. The predicted molar refractivity (Wildman–Crippen MR) is 41.9 cm³/mol. The lowest BCUT2D eigenvalue weighted by atomic mass is 10.5. The van der Waals surface area contributed by atoms with E-state index in [1.54, 1.807) is 0 Å². The summed E-state index contributed by atoms with van der Waals surface area (Å²) < 4.78 is 10.3. The van der Waals surface area contributed by atoms with Crippen LogP contribution in [0.25, 0.3) is 0 Å². The van der Waals surface area contributed by atoms with Crippen LogP contribution in [0.5, 0.6) is 0 Å². The van der Waals surface area contributed by atoms with Gasteiger partial charge in [-0.15, -0.1) is 0 Å². The van der Waals surface area contributed by atoms with Crippen molar-refractivity contribution in [2.75, 3.05) is 26.4 Å². The maximum Gasteiger partial charge on any atom is 0.0487 e. The molecule has 0 aliphatic carbocycles. The van der Waals surface area contributed by atoms with Crippen molar-refractivity contribution >= 4 is 0 Å². The summed E-state index contributed by atoms with van der Waals surface area (Å²) in [6.45, 7) is 8.67. The van der Waals surface area contributed by atoms with Crippen molar-refractivity contribution in [2.24, 2.45) is 0 Å². The first-order valence-corrected chi connectivity index (χ1v) is 3.86. The van der Waals surface area contributed by atoms with E-state index < -0.39 is 0 Å². The van der Waals surface area contributed by atoms with Crippen LogP contribution in [-0.4, -0.2) is 26.4 Å². The Bertz CT molecular complexity index is 47.2. The minimum absolute atomic E-state index is 0.563. The summed E-state index contributed by atoms with van der Waals surface area (Å²) in [7, 11) is 0. The molecule has 10 heavy (non-hydrogen) atoms. The molecule has 2 nitrogen and oxygen atoms in total. The highest BCUT2D eigenvalue weighted by molar-refractivity contribution is 4.36. The Balaban J connectivity index is 2.65. The van der Waals surface area contributed by atoms with Gasteiger partial charge >= 0.3 is 0 Å². The van der Waals surface area contributed by atoms with Gasteiger partial charge < -0.3 is 9.47 Å². The molecule has 0 spiro atoms. The van der Waals surface area contributed by atoms with Gasteiger partial charge in [0, 0.05) is 26.4 Å². The van der Waals surface area contributed by atoms with Crippen LogP contribution in [0.1, 0.15) is 19.8 Å². The molecule has 0 rings (SSSR count). The fourth-order valence-electron chi connectivity index (χ4n) is 0.612. The minimum Gasteiger partial charge on any atom is -0.381 e. The van der Waals surface area contributed by atoms with Crippen molar-refractivity contribution in [2.45, 2.75) is 19.8 Å². The van der Waals surface area contributed by atoms with Crippen molar-refractivity contribution in [3.05, 3.63) is 6.92 Å². The summed E-state index contributed by atoms with van der Waals surface area (Å²) in [5.41, 5.74) is 0. The van der Waals surface area contributed by atoms with E-state index in [0.29, 0.717) is 6.61 Å². The molecule has 0 heterocycles. The van der Waals surface area contributed by atoms with Gasteiger partial charge in [0.15, 0.2) is 0 Å². The van der Waals surface area contributed by atoms with Crippen LogP contribution in [0.4, 0.5) is 0 Å². The average Bonchev–Trinajstić information content (AvgIpc) is 1.97. The summed E-state index contributed by atoms with van der Waals surface area (Å²) in [6, 6.07) is 0. The molecule has 0 fully saturated rings. The topological polar surface area (TPSA) is 18.5 Å². The summed E-state index contributed by atoms with van der Waals surface area (Å²) in [5.74, 6) is 0. The monoisotopic (exact) mass is 145 g/mol. The van der Waals surface area contributed by atoms with Gasteiger partial charge in [0.25, 0.3) is 0 Å². The second-order valence-electron chi connectivity index (χ2n) is 2.08. The Hall–Kier alpha value is -0.0800. The van der Waals surface area contributed by atoms with E-state index in [2.05, 4.69) is 13.8 Å². The molecule has 0 N–H and O–H groups in total. The third-order valence-electron chi connectivity index (χ3n) is 1.07. The molecule has 1 radical (unpaired) electrons. The third kappa shape index (κ3) is 7.92. The highest BCUT2D eigenvalue weighted by Gasteiger charge is 1.86. The van der Waals surface area contributed by atoms with Crippen molar-refractivity contribution < 1.29 is 9.47 Å². The molecule has 0 amide bonds. The van der Waals surface area contributed by atoms with E-state index >= 15 is 0 Å². The summed E-state index contributed by atoms with van der Waals surface area (Å²) >= 11 is 0. The Kier molecular flexibility index (Phi) is 8.85. The molecule has 0 aromatic heterocycles. The molecule has 0 aromatic carbocycles. The number of rotatable bonds is 7. The van der Waals surface area contributed by atoms with Gasteiger partial charge in [0.05, 0.1) is 0 Å². The smallest absolute Gasteiger partial charge is 0.0487 e. The molecule has 2 heteroatoms. The number of ether oxygens (including phenoxy) is 2. The van der Waals surface area contributed by atoms with Crippen LogP contribution in [0.2, 0.25) is 0 Å². The van der Waals surface area contributed by atoms with E-state index in [0.717, 1.165) is 32.7 Å². The Morgan fingerprint density at radius 1 is 1.10 bits per heavy atom. The summed E-state index contributed by atoms with van der Waals surface area (Å²) in [5, 5.41) is 0. The van der Waals surface area contributed by atoms with Gasteiger partial charge in [-0.25, -0.2) is 0 Å².